The van der Waals surface area contributed by atoms with E-state index in [-0.39, 0.29) is 66.1 Å². The molecule has 1 radical (unpaired) electrons. The number of hydrogen-bond acceptors (Lipinski definition) is 9. The molecule has 66 heavy (non-hydrogen) atoms. The van der Waals surface area contributed by atoms with Gasteiger partial charge in [-0.05, 0) is 25.7 Å². The van der Waals surface area contributed by atoms with Gasteiger partial charge in [-0.15, -0.1) is 0 Å². The molecule has 0 aromatic carbocycles. The Kier molecular flexibility index (Phi) is 48.5. The molecule has 0 atom stereocenters. The van der Waals surface area contributed by atoms with Crippen LogP contribution in [0.5, 0.6) is 0 Å². The number of unbranched alkanes of at least 4 members (excludes halogenated alkanes) is 28. The molecular weight excluding hydrogens is 980 g/mol. The van der Waals surface area contributed by atoms with E-state index >= 15 is 0 Å². The standard InChI is InChI=1S/C52H101N5O8.Gd/c1-5-9-13-17-21-25-29-33-37-54(38-34-30-26-22-18-14-10-6-2)51(64)56(46-49(60)61)43-41-53(45-48(58)59)42-44-57(47-50(62)63)52(65)55(39-35-31-27-23-19-15-11-7-3)40-36-32-28-24-20-16-12-8-4;/h5-47H2,1-4H3,(H,58,59)(H,60,61)(H,62,63);/q;+3/p-3. The Labute approximate surface area is 436 Å². The van der Waals surface area contributed by atoms with Crippen molar-refractivity contribution in [3.8, 4) is 0 Å². The van der Waals surface area contributed by atoms with Crippen molar-refractivity contribution in [3.05, 3.63) is 0 Å². The molecule has 13 nitrogen and oxygen atoms in total. The molecule has 4 amide bonds. The first-order chi connectivity index (χ1) is 31.5. The van der Waals surface area contributed by atoms with Gasteiger partial charge in [0.25, 0.3) is 0 Å². The van der Waals surface area contributed by atoms with Crippen LogP contribution in [0.25, 0.3) is 0 Å². The average Bonchev–Trinajstić information content (AvgIpc) is 3.27. The van der Waals surface area contributed by atoms with Gasteiger partial charge in [0.05, 0.1) is 31.0 Å². The molecule has 14 heteroatoms. The molecule has 0 heterocycles. The van der Waals surface area contributed by atoms with Crippen molar-refractivity contribution in [2.75, 3.05) is 72.0 Å². The Morgan fingerprint density at radius 1 is 0.273 bits per heavy atom. The topological polar surface area (TPSA) is 171 Å². The fraction of sp³-hybridized carbons (Fsp3) is 0.904. The summed E-state index contributed by atoms with van der Waals surface area (Å²) in [5.74, 6) is -4.21. The van der Waals surface area contributed by atoms with E-state index in [2.05, 4.69) is 27.7 Å². The average molecular weight is 1080 g/mol. The Morgan fingerprint density at radius 3 is 0.697 bits per heavy atom. The largest absolute Gasteiger partial charge is 3.00 e. The maximum absolute atomic E-state index is 14.1. The summed E-state index contributed by atoms with van der Waals surface area (Å²) in [6, 6.07) is -0.834. The van der Waals surface area contributed by atoms with Crippen LogP contribution in [-0.2, 0) is 14.4 Å². The van der Waals surface area contributed by atoms with E-state index < -0.39 is 49.6 Å². The first-order valence-corrected chi connectivity index (χ1v) is 26.9. The summed E-state index contributed by atoms with van der Waals surface area (Å²) in [7, 11) is 0. The zero-order valence-electron chi connectivity index (χ0n) is 42.8. The van der Waals surface area contributed by atoms with Crippen molar-refractivity contribution in [2.24, 2.45) is 0 Å². The number of nitrogens with zero attached hydrogens (tertiary/aromatic N) is 5. The zero-order valence-corrected chi connectivity index (χ0v) is 45.0. The third-order valence-corrected chi connectivity index (χ3v) is 12.6. The van der Waals surface area contributed by atoms with Gasteiger partial charge in [-0.2, -0.15) is 0 Å². The Morgan fingerprint density at radius 2 is 0.485 bits per heavy atom. The van der Waals surface area contributed by atoms with Crippen LogP contribution in [0.1, 0.15) is 233 Å². The molecule has 0 saturated heterocycles. The van der Waals surface area contributed by atoms with Gasteiger partial charge in [0, 0.05) is 58.9 Å². The number of hydrogen-bond donors (Lipinski definition) is 0. The van der Waals surface area contributed by atoms with Crippen LogP contribution in [-0.4, -0.2) is 126 Å². The second-order valence-corrected chi connectivity index (χ2v) is 18.7. The summed E-state index contributed by atoms with van der Waals surface area (Å²) in [6.45, 7) is 8.75. The summed E-state index contributed by atoms with van der Waals surface area (Å²) < 4.78 is 0. The Balaban J connectivity index is 0. The van der Waals surface area contributed by atoms with Crippen LogP contribution in [0.4, 0.5) is 9.59 Å². The Hall–Kier alpha value is -1.77. The fourth-order valence-corrected chi connectivity index (χ4v) is 8.53. The number of amides is 4. The molecule has 0 fully saturated rings. The summed E-state index contributed by atoms with van der Waals surface area (Å²) in [5.41, 5.74) is 0. The number of aliphatic carboxylic acids is 3. The van der Waals surface area contributed by atoms with E-state index in [1.807, 2.05) is 0 Å². The summed E-state index contributed by atoms with van der Waals surface area (Å²) in [4.78, 5) is 71.6. The fourth-order valence-electron chi connectivity index (χ4n) is 8.53. The normalized spacial score (nSPS) is 11.1. The van der Waals surface area contributed by atoms with Gasteiger partial charge < -0.3 is 49.3 Å². The van der Waals surface area contributed by atoms with Crippen LogP contribution in [0.15, 0.2) is 0 Å². The minimum atomic E-state index is -1.41. The predicted molar refractivity (Wildman–Crippen MR) is 259 cm³/mol. The number of carbonyl (C=O) groups excluding carboxylic acids is 5. The van der Waals surface area contributed by atoms with Gasteiger partial charge in [0.1, 0.15) is 0 Å². The van der Waals surface area contributed by atoms with E-state index in [1.54, 1.807) is 9.80 Å². The number of urea groups is 2. The molecule has 0 saturated carbocycles. The molecule has 0 N–H and O–H groups in total. The SMILES string of the molecule is CCCCCCCCCCN(CCCCCCCCCC)C(=O)N(CCN(CCN(CC(=O)[O-])C(=O)N(CCCCCCCCCC)CCCCCCCCCC)CC(=O)[O-])CC(=O)[O-].[Gd+3]. The predicted octanol–water partition coefficient (Wildman–Crippen LogP) is 8.55. The first-order valence-electron chi connectivity index (χ1n) is 26.9. The van der Waals surface area contributed by atoms with Crippen molar-refractivity contribution >= 4 is 30.0 Å². The summed E-state index contributed by atoms with van der Waals surface area (Å²) >= 11 is 0. The molecule has 0 aliphatic rings. The summed E-state index contributed by atoms with van der Waals surface area (Å²) in [6.07, 6.45) is 35.5. The van der Waals surface area contributed by atoms with Gasteiger partial charge in [0.15, 0.2) is 0 Å². The van der Waals surface area contributed by atoms with Crippen molar-refractivity contribution in [1.82, 2.24) is 24.5 Å². The third kappa shape index (κ3) is 40.2. The van der Waals surface area contributed by atoms with Crippen LogP contribution < -0.4 is 15.3 Å². The number of carboxylic acid groups (broad SMARTS) is 3. The van der Waals surface area contributed by atoms with E-state index in [4.69, 9.17) is 0 Å². The number of carbonyl (C=O) groups is 5. The van der Waals surface area contributed by atoms with Crippen LogP contribution >= 0.6 is 0 Å². The molecule has 0 aliphatic heterocycles. The second-order valence-electron chi connectivity index (χ2n) is 18.7. The smallest absolute Gasteiger partial charge is 0.549 e. The van der Waals surface area contributed by atoms with Gasteiger partial charge in [0.2, 0.25) is 0 Å². The molecular formula is C52H98GdN5O8. The van der Waals surface area contributed by atoms with Crippen LogP contribution in [0.3, 0.4) is 0 Å². The second kappa shape index (κ2) is 48.3. The van der Waals surface area contributed by atoms with E-state index in [0.717, 1.165) is 103 Å². The van der Waals surface area contributed by atoms with E-state index in [9.17, 15) is 39.3 Å². The minimum absolute atomic E-state index is 0. The van der Waals surface area contributed by atoms with Gasteiger partial charge in [-0.3, -0.25) is 4.90 Å². The molecule has 0 aromatic heterocycles. The molecule has 0 aromatic rings. The quantitative estimate of drug-likeness (QED) is 0.0542. The number of rotatable bonds is 48. The first kappa shape index (κ1) is 66.3. The molecule has 387 valence electrons. The van der Waals surface area contributed by atoms with Crippen molar-refractivity contribution in [1.29, 1.82) is 0 Å². The monoisotopic (exact) mass is 1080 g/mol. The molecule has 0 bridgehead atoms. The molecule has 0 spiro atoms. The van der Waals surface area contributed by atoms with Gasteiger partial charge in [-0.1, -0.05) is 207 Å². The minimum Gasteiger partial charge on any atom is -0.549 e. The van der Waals surface area contributed by atoms with E-state index in [1.165, 1.54) is 117 Å². The Bertz CT molecular complexity index is 1060. The van der Waals surface area contributed by atoms with Crippen LogP contribution in [0.2, 0.25) is 0 Å². The maximum atomic E-state index is 14.1. The molecule has 0 rings (SSSR count). The third-order valence-electron chi connectivity index (χ3n) is 12.6. The van der Waals surface area contributed by atoms with Gasteiger partial charge in [-0.25, -0.2) is 9.59 Å². The maximum Gasteiger partial charge on any atom is 3.00 e. The number of carboxylic acids is 3. The van der Waals surface area contributed by atoms with Crippen molar-refractivity contribution in [2.45, 2.75) is 233 Å². The van der Waals surface area contributed by atoms with Crippen molar-refractivity contribution in [3.63, 3.8) is 0 Å². The molecule has 0 aliphatic carbocycles. The van der Waals surface area contributed by atoms with Crippen LogP contribution in [0, 0.1) is 39.9 Å². The van der Waals surface area contributed by atoms with Gasteiger partial charge >= 0.3 is 52.0 Å². The van der Waals surface area contributed by atoms with E-state index in [0.29, 0.717) is 26.2 Å². The molecule has 0 unspecified atom stereocenters. The van der Waals surface area contributed by atoms with Crippen molar-refractivity contribution < 1.29 is 79.2 Å². The summed E-state index contributed by atoms with van der Waals surface area (Å²) in [5, 5.41) is 36.0. The zero-order chi connectivity index (χ0) is 48.2.